The van der Waals surface area contributed by atoms with E-state index >= 15 is 0 Å². The van der Waals surface area contributed by atoms with Gasteiger partial charge in [0.1, 0.15) is 5.65 Å². The average Bonchev–Trinajstić information content (AvgIpc) is 3.16. The third-order valence-electron chi connectivity index (χ3n) is 4.15. The summed E-state index contributed by atoms with van der Waals surface area (Å²) in [5, 5.41) is 0. The lowest BCUT2D eigenvalue weighted by Crippen LogP contribution is -2.19. The molecule has 0 amide bonds. The van der Waals surface area contributed by atoms with Crippen LogP contribution in [0, 0.1) is 6.92 Å². The molecule has 1 aliphatic rings. The van der Waals surface area contributed by atoms with Crippen molar-refractivity contribution in [2.75, 3.05) is 20.2 Å². The van der Waals surface area contributed by atoms with Crippen LogP contribution in [0.2, 0.25) is 0 Å². The highest BCUT2D eigenvalue weighted by molar-refractivity contribution is 5.51. The molecule has 1 atom stereocenters. The van der Waals surface area contributed by atoms with Gasteiger partial charge < -0.3 is 9.14 Å². The summed E-state index contributed by atoms with van der Waals surface area (Å²) in [5.41, 5.74) is 4.59. The number of methoxy groups -OCH3 is 1. The largest absolute Gasteiger partial charge is 0.377 e. The Morgan fingerprint density at radius 1 is 1.23 bits per heavy atom. The summed E-state index contributed by atoms with van der Waals surface area (Å²) in [6.45, 7) is 11.6. The van der Waals surface area contributed by atoms with Gasteiger partial charge in [0.2, 0.25) is 0 Å². The van der Waals surface area contributed by atoms with Crippen molar-refractivity contribution < 1.29 is 4.74 Å². The minimum Gasteiger partial charge on any atom is -0.377 e. The van der Waals surface area contributed by atoms with Crippen LogP contribution in [0.1, 0.15) is 56.5 Å². The van der Waals surface area contributed by atoms with E-state index in [2.05, 4.69) is 39.7 Å². The fraction of sp³-hybridized carbons (Fsp3) is 0.611. The highest BCUT2D eigenvalue weighted by atomic mass is 16.5. The molecular formula is C18H29N3O. The van der Waals surface area contributed by atoms with E-state index in [1.807, 2.05) is 20.8 Å². The Morgan fingerprint density at radius 2 is 1.91 bits per heavy atom. The highest BCUT2D eigenvalue weighted by Gasteiger charge is 2.16. The molecule has 0 bridgehead atoms. The number of nitrogens with zero attached hydrogens (tertiary/aromatic N) is 3. The third kappa shape index (κ3) is 3.68. The Hall–Kier alpha value is -1.39. The van der Waals surface area contributed by atoms with Gasteiger partial charge in [-0.2, -0.15) is 0 Å². The second-order valence-corrected chi connectivity index (χ2v) is 5.78. The number of pyridine rings is 1. The van der Waals surface area contributed by atoms with Crippen LogP contribution in [-0.4, -0.2) is 34.5 Å². The molecule has 2 aromatic heterocycles. The molecule has 22 heavy (non-hydrogen) atoms. The second-order valence-electron chi connectivity index (χ2n) is 5.78. The van der Waals surface area contributed by atoms with Gasteiger partial charge in [0.15, 0.2) is 0 Å². The van der Waals surface area contributed by atoms with Crippen LogP contribution in [-0.2, 0) is 11.3 Å². The molecule has 0 N–H and O–H groups in total. The molecule has 0 radical (unpaired) electrons. The van der Waals surface area contributed by atoms with Gasteiger partial charge in [-0.05, 0) is 51.4 Å². The zero-order valence-electron chi connectivity index (χ0n) is 14.6. The molecule has 3 rings (SSSR count). The zero-order chi connectivity index (χ0) is 16.1. The van der Waals surface area contributed by atoms with Crippen LogP contribution in [0.15, 0.2) is 18.5 Å². The summed E-state index contributed by atoms with van der Waals surface area (Å²) in [7, 11) is 1.75. The maximum Gasteiger partial charge on any atom is 0.142 e. The number of hydrogen-bond acceptors (Lipinski definition) is 3. The van der Waals surface area contributed by atoms with Crippen LogP contribution in [0.5, 0.6) is 0 Å². The standard InChI is InChI=1S/C16H23N3O.C2H6/c1-12-9-19-11-14(10-18-6-4-5-7-18)8-15(13(2)20-3)16(19)17-12;1-2/h8-9,11,13H,4-7,10H2,1-3H3;1-2H3/t13-;/m1./s1. The lowest BCUT2D eigenvalue weighted by atomic mass is 10.1. The molecule has 2 aromatic rings. The normalized spacial score (nSPS) is 16.6. The van der Waals surface area contributed by atoms with Crippen LogP contribution >= 0.6 is 0 Å². The van der Waals surface area contributed by atoms with Gasteiger partial charge in [-0.25, -0.2) is 4.98 Å². The van der Waals surface area contributed by atoms with Crippen molar-refractivity contribution in [3.63, 3.8) is 0 Å². The van der Waals surface area contributed by atoms with Gasteiger partial charge in [0, 0.05) is 31.6 Å². The minimum absolute atomic E-state index is 0.0674. The summed E-state index contributed by atoms with van der Waals surface area (Å²) in [6.07, 6.45) is 7.02. The smallest absolute Gasteiger partial charge is 0.142 e. The number of likely N-dealkylation sites (tertiary alicyclic amines) is 1. The fourth-order valence-corrected chi connectivity index (χ4v) is 3.02. The van der Waals surface area contributed by atoms with Crippen molar-refractivity contribution in [1.29, 1.82) is 0 Å². The molecule has 4 nitrogen and oxygen atoms in total. The zero-order valence-corrected chi connectivity index (χ0v) is 14.6. The monoisotopic (exact) mass is 303 g/mol. The number of aryl methyl sites for hydroxylation is 1. The molecule has 0 spiro atoms. The predicted molar refractivity (Wildman–Crippen MR) is 91.2 cm³/mol. The van der Waals surface area contributed by atoms with Crippen molar-refractivity contribution in [2.24, 2.45) is 0 Å². The Balaban J connectivity index is 0.000000847. The first-order valence-corrected chi connectivity index (χ1v) is 8.40. The first-order chi connectivity index (χ1) is 10.7. The third-order valence-corrected chi connectivity index (χ3v) is 4.15. The Bertz CT molecular complexity index is 600. The van der Waals surface area contributed by atoms with Crippen LogP contribution < -0.4 is 0 Å². The molecule has 4 heteroatoms. The summed E-state index contributed by atoms with van der Waals surface area (Å²) >= 11 is 0. The molecule has 3 heterocycles. The minimum atomic E-state index is 0.0674. The molecule has 1 aliphatic heterocycles. The van der Waals surface area contributed by atoms with Gasteiger partial charge in [-0.1, -0.05) is 13.8 Å². The van der Waals surface area contributed by atoms with E-state index in [1.165, 1.54) is 37.1 Å². The molecule has 122 valence electrons. The summed E-state index contributed by atoms with van der Waals surface area (Å²) in [4.78, 5) is 7.14. The quantitative estimate of drug-likeness (QED) is 0.856. The SMILES string of the molecule is CC.CO[C@H](C)c1cc(CN2CCCC2)cn2cc(C)nc12. The van der Waals surface area contributed by atoms with Crippen LogP contribution in [0.4, 0.5) is 0 Å². The highest BCUT2D eigenvalue weighted by Crippen LogP contribution is 2.24. The van der Waals surface area contributed by atoms with E-state index in [0.29, 0.717) is 0 Å². The molecule has 1 fully saturated rings. The summed E-state index contributed by atoms with van der Waals surface area (Å²) in [6, 6.07) is 2.26. The maximum absolute atomic E-state index is 5.51. The van der Waals surface area contributed by atoms with Crippen LogP contribution in [0.3, 0.4) is 0 Å². The average molecular weight is 303 g/mol. The van der Waals surface area contributed by atoms with Crippen molar-refractivity contribution in [1.82, 2.24) is 14.3 Å². The van der Waals surface area contributed by atoms with E-state index in [-0.39, 0.29) is 6.10 Å². The molecule has 0 aromatic carbocycles. The van der Waals surface area contributed by atoms with Gasteiger partial charge in [-0.3, -0.25) is 4.90 Å². The van der Waals surface area contributed by atoms with Crippen molar-refractivity contribution in [2.45, 2.75) is 53.2 Å². The lowest BCUT2D eigenvalue weighted by Gasteiger charge is -2.17. The van der Waals surface area contributed by atoms with E-state index in [0.717, 1.165) is 17.9 Å². The maximum atomic E-state index is 5.51. The molecule has 0 unspecified atom stereocenters. The number of fused-ring (bicyclic) bond motifs is 1. The Labute approximate surface area is 134 Å². The summed E-state index contributed by atoms with van der Waals surface area (Å²) < 4.78 is 7.66. The first kappa shape index (κ1) is 17.0. The number of imidazole rings is 1. The van der Waals surface area contributed by atoms with E-state index in [4.69, 9.17) is 4.74 Å². The molecule has 0 aliphatic carbocycles. The second kappa shape index (κ2) is 7.75. The van der Waals surface area contributed by atoms with Crippen molar-refractivity contribution >= 4 is 5.65 Å². The topological polar surface area (TPSA) is 29.8 Å². The molecule has 0 saturated carbocycles. The van der Waals surface area contributed by atoms with E-state index < -0.39 is 0 Å². The number of ether oxygens (including phenoxy) is 1. The van der Waals surface area contributed by atoms with Gasteiger partial charge >= 0.3 is 0 Å². The predicted octanol–water partition coefficient (Wildman–Crippen LogP) is 3.97. The summed E-state index contributed by atoms with van der Waals surface area (Å²) in [5.74, 6) is 0. The van der Waals surface area contributed by atoms with Crippen molar-refractivity contribution in [3.8, 4) is 0 Å². The van der Waals surface area contributed by atoms with Crippen LogP contribution in [0.25, 0.3) is 5.65 Å². The molecule has 1 saturated heterocycles. The van der Waals surface area contributed by atoms with Gasteiger partial charge in [0.05, 0.1) is 11.8 Å². The van der Waals surface area contributed by atoms with Gasteiger partial charge in [0.25, 0.3) is 0 Å². The Kier molecular flexibility index (Phi) is 5.98. The number of aromatic nitrogens is 2. The van der Waals surface area contributed by atoms with Gasteiger partial charge in [-0.15, -0.1) is 0 Å². The number of rotatable bonds is 4. The Morgan fingerprint density at radius 3 is 2.55 bits per heavy atom. The van der Waals surface area contributed by atoms with Crippen molar-refractivity contribution in [3.05, 3.63) is 35.3 Å². The van der Waals surface area contributed by atoms with E-state index in [1.54, 1.807) is 7.11 Å². The first-order valence-electron chi connectivity index (χ1n) is 8.40. The fourth-order valence-electron chi connectivity index (χ4n) is 3.02. The molecular weight excluding hydrogens is 274 g/mol. The lowest BCUT2D eigenvalue weighted by molar-refractivity contribution is 0.120. The van der Waals surface area contributed by atoms with E-state index in [9.17, 15) is 0 Å². The number of hydrogen-bond donors (Lipinski definition) is 0.